The van der Waals surface area contributed by atoms with E-state index in [-0.39, 0.29) is 36.1 Å². The number of thioether (sulfide) groups is 1. The largest absolute Gasteiger partial charge is 0.463 e. The second-order valence-electron chi connectivity index (χ2n) is 9.75. The molecule has 192 valence electrons. The van der Waals surface area contributed by atoms with Gasteiger partial charge in [-0.05, 0) is 70.8 Å². The third-order valence-corrected chi connectivity index (χ3v) is 8.20. The summed E-state index contributed by atoms with van der Waals surface area (Å²) in [7, 11) is 0. The summed E-state index contributed by atoms with van der Waals surface area (Å²) in [5.41, 5.74) is 3.81. The van der Waals surface area contributed by atoms with Gasteiger partial charge in [-0.1, -0.05) is 18.2 Å². The van der Waals surface area contributed by atoms with E-state index in [0.717, 1.165) is 52.9 Å². The van der Waals surface area contributed by atoms with Crippen LogP contribution in [0.2, 0.25) is 0 Å². The van der Waals surface area contributed by atoms with Crippen molar-refractivity contribution in [1.82, 2.24) is 14.9 Å². The molecule has 0 saturated heterocycles. The molecule has 2 aromatic heterocycles. The van der Waals surface area contributed by atoms with E-state index in [1.165, 1.54) is 18.7 Å². The number of carbonyl (C=O) groups is 2. The minimum atomic E-state index is -0.216. The number of carbonyl (C=O) groups excluding carboxylic acids is 2. The molecule has 2 heterocycles. The number of H-pyrrole nitrogens is 1. The van der Waals surface area contributed by atoms with E-state index in [0.29, 0.717) is 17.0 Å². The number of nitrogens with zero attached hydrogens (tertiary/aromatic N) is 1. The highest BCUT2D eigenvalue weighted by atomic mass is 32.2. The Hall–Kier alpha value is -3.00. The fourth-order valence-corrected chi connectivity index (χ4v) is 6.34. The Bertz CT molecular complexity index is 1330. The number of nitrogens with one attached hydrogen (secondary N) is 2. The molecule has 3 aromatic rings. The Kier molecular flexibility index (Phi) is 7.93. The van der Waals surface area contributed by atoms with Crippen molar-refractivity contribution < 1.29 is 14.3 Å². The topological polar surface area (TPSA) is 93.2 Å². The third kappa shape index (κ3) is 5.24. The van der Waals surface area contributed by atoms with Gasteiger partial charge in [0.25, 0.3) is 11.5 Å². The van der Waals surface area contributed by atoms with Gasteiger partial charge in [-0.3, -0.25) is 14.4 Å². The van der Waals surface area contributed by atoms with E-state index >= 15 is 0 Å². The molecule has 1 fully saturated rings. The highest BCUT2D eigenvalue weighted by Crippen LogP contribution is 2.38. The maximum absolute atomic E-state index is 13.5. The number of rotatable bonds is 7. The summed E-state index contributed by atoms with van der Waals surface area (Å²) in [6, 6.07) is 10.1. The van der Waals surface area contributed by atoms with Crippen LogP contribution >= 0.6 is 11.8 Å². The van der Waals surface area contributed by atoms with Crippen molar-refractivity contribution >= 4 is 34.5 Å². The molecule has 1 amide bonds. The van der Waals surface area contributed by atoms with Crippen LogP contribution in [0.15, 0.2) is 40.0 Å². The number of esters is 1. The highest BCUT2D eigenvalue weighted by Gasteiger charge is 2.30. The molecule has 0 aliphatic heterocycles. The Labute approximate surface area is 216 Å². The lowest BCUT2D eigenvalue weighted by Gasteiger charge is -2.33. The van der Waals surface area contributed by atoms with E-state index in [4.69, 9.17) is 4.74 Å². The number of aryl methyl sites for hydroxylation is 1. The number of ether oxygens (including phenoxy) is 1. The van der Waals surface area contributed by atoms with E-state index in [1.54, 1.807) is 0 Å². The highest BCUT2D eigenvalue weighted by molar-refractivity contribution is 7.98. The predicted molar refractivity (Wildman–Crippen MR) is 144 cm³/mol. The molecule has 1 saturated carbocycles. The van der Waals surface area contributed by atoms with Crippen molar-refractivity contribution in [3.05, 3.63) is 63.2 Å². The van der Waals surface area contributed by atoms with Gasteiger partial charge in [0.05, 0.1) is 5.56 Å². The standard InChI is InChI=1S/C28H35N3O4S/c1-16-14-25(36-5)23(27(33)30-16)15-29-28(34)26-18(3)31(24-9-7-6-8-22(24)26)17(2)20-10-12-21(13-11-20)35-19(4)32/h6-9,14,17,20-21H,10-13,15H2,1-5H3,(H,29,34)(H,30,33). The Balaban J connectivity index is 1.59. The summed E-state index contributed by atoms with van der Waals surface area (Å²) in [4.78, 5) is 41.1. The number of fused-ring (bicyclic) bond motifs is 1. The lowest BCUT2D eigenvalue weighted by Crippen LogP contribution is -2.29. The maximum atomic E-state index is 13.5. The molecule has 1 aromatic carbocycles. The smallest absolute Gasteiger partial charge is 0.302 e. The fraction of sp³-hybridized carbons (Fsp3) is 0.464. The first kappa shape index (κ1) is 26.1. The lowest BCUT2D eigenvalue weighted by atomic mass is 9.83. The van der Waals surface area contributed by atoms with Crippen LogP contribution in [0.3, 0.4) is 0 Å². The van der Waals surface area contributed by atoms with Crippen LogP contribution < -0.4 is 10.9 Å². The quantitative estimate of drug-likeness (QED) is 0.334. The normalized spacial score (nSPS) is 18.7. The molecule has 7 nitrogen and oxygen atoms in total. The third-order valence-electron chi connectivity index (χ3n) is 7.40. The van der Waals surface area contributed by atoms with Crippen molar-refractivity contribution in [2.75, 3.05) is 6.26 Å². The van der Waals surface area contributed by atoms with Gasteiger partial charge in [-0.15, -0.1) is 11.8 Å². The minimum absolute atomic E-state index is 0.00546. The number of pyridine rings is 1. The number of hydrogen-bond acceptors (Lipinski definition) is 5. The molecule has 0 bridgehead atoms. The van der Waals surface area contributed by atoms with Gasteiger partial charge in [0.1, 0.15) is 6.10 Å². The summed E-state index contributed by atoms with van der Waals surface area (Å²) >= 11 is 1.50. The Morgan fingerprint density at radius 3 is 2.56 bits per heavy atom. The van der Waals surface area contributed by atoms with Crippen LogP contribution in [0.4, 0.5) is 0 Å². The lowest BCUT2D eigenvalue weighted by molar-refractivity contribution is -0.148. The molecular weight excluding hydrogens is 474 g/mol. The number of hydrogen-bond donors (Lipinski definition) is 2. The summed E-state index contributed by atoms with van der Waals surface area (Å²) in [6.07, 6.45) is 5.61. The molecule has 8 heteroatoms. The fourth-order valence-electron chi connectivity index (χ4n) is 5.63. The summed E-state index contributed by atoms with van der Waals surface area (Å²) < 4.78 is 7.71. The van der Waals surface area contributed by atoms with E-state index < -0.39 is 0 Å². The average molecular weight is 510 g/mol. The van der Waals surface area contributed by atoms with Gasteiger partial charge in [-0.2, -0.15) is 0 Å². The van der Waals surface area contributed by atoms with E-state index in [9.17, 15) is 14.4 Å². The SMILES string of the molecule is CSc1cc(C)[nH]c(=O)c1CNC(=O)c1c(C)n(C(C)C2CCC(OC(C)=O)CC2)c2ccccc12. The number of aromatic nitrogens is 2. The van der Waals surface area contributed by atoms with Crippen molar-refractivity contribution in [3.63, 3.8) is 0 Å². The number of aromatic amines is 1. The Morgan fingerprint density at radius 2 is 1.89 bits per heavy atom. The van der Waals surface area contributed by atoms with Crippen LogP contribution in [0, 0.1) is 19.8 Å². The second-order valence-corrected chi connectivity index (χ2v) is 10.6. The molecule has 1 atom stereocenters. The molecule has 1 aliphatic carbocycles. The van der Waals surface area contributed by atoms with Crippen LogP contribution in [-0.4, -0.2) is 33.8 Å². The average Bonchev–Trinajstić information content (AvgIpc) is 3.14. The van der Waals surface area contributed by atoms with Crippen molar-refractivity contribution in [3.8, 4) is 0 Å². The molecule has 36 heavy (non-hydrogen) atoms. The van der Waals surface area contributed by atoms with Crippen molar-refractivity contribution in [2.24, 2.45) is 5.92 Å². The van der Waals surface area contributed by atoms with E-state index in [1.807, 2.05) is 44.4 Å². The minimum Gasteiger partial charge on any atom is -0.463 e. The first-order chi connectivity index (χ1) is 17.2. The molecular formula is C28H35N3O4S. The van der Waals surface area contributed by atoms with Gasteiger partial charge in [0, 0.05) is 52.3 Å². The van der Waals surface area contributed by atoms with Gasteiger partial charge in [0.2, 0.25) is 0 Å². The zero-order chi connectivity index (χ0) is 26.0. The van der Waals surface area contributed by atoms with E-state index in [2.05, 4.69) is 27.9 Å². The van der Waals surface area contributed by atoms with Crippen LogP contribution in [-0.2, 0) is 16.1 Å². The Morgan fingerprint density at radius 1 is 1.19 bits per heavy atom. The zero-order valence-corrected chi connectivity index (χ0v) is 22.5. The summed E-state index contributed by atoms with van der Waals surface area (Å²) in [5.74, 6) is 0.0319. The van der Waals surface area contributed by atoms with Crippen LogP contribution in [0.5, 0.6) is 0 Å². The second kappa shape index (κ2) is 10.9. The molecule has 1 aliphatic rings. The predicted octanol–water partition coefficient (Wildman–Crippen LogP) is 5.28. The van der Waals surface area contributed by atoms with Crippen molar-refractivity contribution in [2.45, 2.75) is 77.0 Å². The van der Waals surface area contributed by atoms with Crippen molar-refractivity contribution in [1.29, 1.82) is 0 Å². The molecule has 2 N–H and O–H groups in total. The summed E-state index contributed by atoms with van der Waals surface area (Å²) in [5, 5.41) is 3.92. The molecule has 1 unspecified atom stereocenters. The molecule has 0 spiro atoms. The van der Waals surface area contributed by atoms with Gasteiger partial charge < -0.3 is 19.6 Å². The monoisotopic (exact) mass is 509 g/mol. The first-order valence-electron chi connectivity index (χ1n) is 12.5. The van der Waals surface area contributed by atoms with Crippen LogP contribution in [0.1, 0.15) is 72.9 Å². The van der Waals surface area contributed by atoms with Gasteiger partial charge in [-0.25, -0.2) is 0 Å². The first-order valence-corrected chi connectivity index (χ1v) is 13.8. The zero-order valence-electron chi connectivity index (χ0n) is 21.6. The number of benzene rings is 1. The summed E-state index contributed by atoms with van der Waals surface area (Å²) in [6.45, 7) is 7.70. The molecule has 4 rings (SSSR count). The van der Waals surface area contributed by atoms with Crippen LogP contribution in [0.25, 0.3) is 10.9 Å². The number of para-hydroxylation sites is 1. The molecule has 0 radical (unpaired) electrons. The maximum Gasteiger partial charge on any atom is 0.302 e. The number of amides is 1. The van der Waals surface area contributed by atoms with Gasteiger partial charge >= 0.3 is 5.97 Å². The van der Waals surface area contributed by atoms with Gasteiger partial charge in [0.15, 0.2) is 0 Å².